The van der Waals surface area contributed by atoms with Crippen molar-refractivity contribution in [2.24, 2.45) is 0 Å². The number of nitrogens with zero attached hydrogens (tertiary/aromatic N) is 2. The zero-order chi connectivity index (χ0) is 16.8. The van der Waals surface area contributed by atoms with E-state index in [1.54, 1.807) is 18.0 Å². The fourth-order valence-corrected chi connectivity index (χ4v) is 2.29. The molecular formula is C16H15BrClN3O2. The van der Waals surface area contributed by atoms with Crippen LogP contribution in [0.15, 0.2) is 47.1 Å². The second kappa shape index (κ2) is 8.08. The summed E-state index contributed by atoms with van der Waals surface area (Å²) in [6.45, 7) is 0.372. The highest BCUT2D eigenvalue weighted by Gasteiger charge is 2.13. The van der Waals surface area contributed by atoms with E-state index in [9.17, 15) is 9.59 Å². The van der Waals surface area contributed by atoms with Crippen molar-refractivity contribution in [1.29, 1.82) is 0 Å². The van der Waals surface area contributed by atoms with Gasteiger partial charge in [0.1, 0.15) is 5.69 Å². The molecule has 1 N–H and O–H groups in total. The predicted molar refractivity (Wildman–Crippen MR) is 92.2 cm³/mol. The van der Waals surface area contributed by atoms with E-state index in [0.29, 0.717) is 11.6 Å². The Bertz CT molecular complexity index is 707. The van der Waals surface area contributed by atoms with Gasteiger partial charge in [-0.3, -0.25) is 14.6 Å². The van der Waals surface area contributed by atoms with Gasteiger partial charge < -0.3 is 10.2 Å². The third-order valence-electron chi connectivity index (χ3n) is 3.11. The topological polar surface area (TPSA) is 62.3 Å². The van der Waals surface area contributed by atoms with Gasteiger partial charge in [0.2, 0.25) is 5.91 Å². The van der Waals surface area contributed by atoms with Crippen LogP contribution in [0, 0.1) is 0 Å². The van der Waals surface area contributed by atoms with Crippen LogP contribution < -0.4 is 5.32 Å². The second-order valence-corrected chi connectivity index (χ2v) is 6.27. The number of benzene rings is 1. The number of carbonyl (C=O) groups excluding carboxylic acids is 2. The van der Waals surface area contributed by atoms with Gasteiger partial charge >= 0.3 is 0 Å². The number of hydrogen-bond donors (Lipinski definition) is 1. The van der Waals surface area contributed by atoms with Gasteiger partial charge in [-0.1, -0.05) is 39.7 Å². The molecule has 2 amide bonds. The van der Waals surface area contributed by atoms with Gasteiger partial charge in [-0.2, -0.15) is 0 Å². The summed E-state index contributed by atoms with van der Waals surface area (Å²) in [6, 6.07) is 10.7. The van der Waals surface area contributed by atoms with Crippen LogP contribution in [-0.2, 0) is 11.3 Å². The van der Waals surface area contributed by atoms with Gasteiger partial charge in [0.25, 0.3) is 5.91 Å². The lowest BCUT2D eigenvalue weighted by Crippen LogP contribution is -2.38. The van der Waals surface area contributed by atoms with Crippen molar-refractivity contribution >= 4 is 39.3 Å². The van der Waals surface area contributed by atoms with E-state index in [2.05, 4.69) is 26.2 Å². The molecule has 120 valence electrons. The molecule has 0 saturated heterocycles. The van der Waals surface area contributed by atoms with Crippen LogP contribution >= 0.6 is 27.5 Å². The molecule has 0 bridgehead atoms. The van der Waals surface area contributed by atoms with Gasteiger partial charge in [-0.15, -0.1) is 0 Å². The number of halogens is 2. The summed E-state index contributed by atoms with van der Waals surface area (Å²) in [5, 5.41) is 2.96. The molecular weight excluding hydrogens is 382 g/mol. The van der Waals surface area contributed by atoms with E-state index in [0.717, 1.165) is 10.0 Å². The van der Waals surface area contributed by atoms with Gasteiger partial charge in [0, 0.05) is 29.3 Å². The molecule has 23 heavy (non-hydrogen) atoms. The maximum Gasteiger partial charge on any atom is 0.270 e. The zero-order valence-corrected chi connectivity index (χ0v) is 14.8. The largest absolute Gasteiger partial charge is 0.342 e. The Balaban J connectivity index is 1.86. The molecule has 0 radical (unpaired) electrons. The maximum absolute atomic E-state index is 12.1. The predicted octanol–water partition coefficient (Wildman–Crippen LogP) is 2.89. The quantitative estimate of drug-likeness (QED) is 0.845. The first-order valence-electron chi connectivity index (χ1n) is 6.84. The molecule has 0 aliphatic rings. The Hall–Kier alpha value is -1.92. The van der Waals surface area contributed by atoms with Gasteiger partial charge in [0.05, 0.1) is 6.54 Å². The Morgan fingerprint density at radius 1 is 1.26 bits per heavy atom. The number of likely N-dealkylation sites (N-methyl/N-ethyl adjacent to an activating group) is 1. The molecule has 2 rings (SSSR count). The number of nitrogens with one attached hydrogen (secondary N) is 1. The minimum absolute atomic E-state index is 0.0972. The van der Waals surface area contributed by atoms with Crippen molar-refractivity contribution in [3.63, 3.8) is 0 Å². The Kier molecular flexibility index (Phi) is 6.12. The summed E-state index contributed by atoms with van der Waals surface area (Å²) < 4.78 is 0.983. The zero-order valence-electron chi connectivity index (χ0n) is 12.4. The van der Waals surface area contributed by atoms with Crippen LogP contribution in [0.1, 0.15) is 16.1 Å². The first-order chi connectivity index (χ1) is 11.0. The van der Waals surface area contributed by atoms with E-state index in [4.69, 9.17) is 11.6 Å². The Labute approximate surface area is 147 Å². The number of amides is 2. The molecule has 2 aromatic rings. The SMILES string of the molecule is CN(Cc1ccc(Br)cc1)C(=O)CNC(=O)c1cc(Cl)ccn1. The molecule has 0 aliphatic heterocycles. The van der Waals surface area contributed by atoms with Crippen molar-refractivity contribution in [2.45, 2.75) is 6.54 Å². The molecule has 0 aliphatic carbocycles. The summed E-state index contributed by atoms with van der Waals surface area (Å²) >= 11 is 9.17. The molecule has 0 saturated carbocycles. The van der Waals surface area contributed by atoms with E-state index >= 15 is 0 Å². The van der Waals surface area contributed by atoms with Crippen molar-refractivity contribution in [1.82, 2.24) is 15.2 Å². The standard InChI is InChI=1S/C16H15BrClN3O2/c1-21(10-11-2-4-12(17)5-3-11)15(22)9-20-16(23)14-8-13(18)6-7-19-14/h2-8H,9-10H2,1H3,(H,20,23). The highest BCUT2D eigenvalue weighted by atomic mass is 79.9. The number of rotatable bonds is 5. The van der Waals surface area contributed by atoms with E-state index in [1.165, 1.54) is 12.3 Å². The van der Waals surface area contributed by atoms with E-state index in [1.807, 2.05) is 24.3 Å². The first kappa shape index (κ1) is 17.4. The molecule has 1 aromatic heterocycles. The third kappa shape index (κ3) is 5.33. The lowest BCUT2D eigenvalue weighted by molar-refractivity contribution is -0.129. The van der Waals surface area contributed by atoms with Gasteiger partial charge in [-0.05, 0) is 29.8 Å². The highest BCUT2D eigenvalue weighted by molar-refractivity contribution is 9.10. The Morgan fingerprint density at radius 2 is 1.96 bits per heavy atom. The van der Waals surface area contributed by atoms with Gasteiger partial charge in [-0.25, -0.2) is 0 Å². The molecule has 1 heterocycles. The smallest absolute Gasteiger partial charge is 0.270 e. The number of carbonyl (C=O) groups is 2. The Morgan fingerprint density at radius 3 is 2.61 bits per heavy atom. The molecule has 0 unspecified atom stereocenters. The maximum atomic E-state index is 12.1. The average molecular weight is 397 g/mol. The fourth-order valence-electron chi connectivity index (χ4n) is 1.86. The van der Waals surface area contributed by atoms with Crippen molar-refractivity contribution in [3.8, 4) is 0 Å². The average Bonchev–Trinajstić information content (AvgIpc) is 2.54. The first-order valence-corrected chi connectivity index (χ1v) is 8.01. The minimum atomic E-state index is -0.433. The molecule has 0 atom stereocenters. The summed E-state index contributed by atoms with van der Waals surface area (Å²) in [5.74, 6) is -0.624. The van der Waals surface area contributed by atoms with Crippen molar-refractivity contribution in [2.75, 3.05) is 13.6 Å². The van der Waals surface area contributed by atoms with E-state index < -0.39 is 5.91 Å². The number of aromatic nitrogens is 1. The monoisotopic (exact) mass is 395 g/mol. The normalized spacial score (nSPS) is 10.2. The third-order valence-corrected chi connectivity index (χ3v) is 3.88. The summed E-state index contributed by atoms with van der Waals surface area (Å²) in [4.78, 5) is 29.4. The summed E-state index contributed by atoms with van der Waals surface area (Å²) in [7, 11) is 1.69. The van der Waals surface area contributed by atoms with Crippen LogP contribution in [0.5, 0.6) is 0 Å². The lowest BCUT2D eigenvalue weighted by Gasteiger charge is -2.17. The summed E-state index contributed by atoms with van der Waals surface area (Å²) in [6.07, 6.45) is 1.44. The molecule has 7 heteroatoms. The van der Waals surface area contributed by atoms with Crippen molar-refractivity contribution in [3.05, 3.63) is 63.3 Å². The van der Waals surface area contributed by atoms with Crippen LogP contribution in [0.3, 0.4) is 0 Å². The van der Waals surface area contributed by atoms with Crippen LogP contribution in [0.25, 0.3) is 0 Å². The van der Waals surface area contributed by atoms with Crippen LogP contribution in [0.2, 0.25) is 5.02 Å². The van der Waals surface area contributed by atoms with Crippen LogP contribution in [0.4, 0.5) is 0 Å². The number of pyridine rings is 1. The summed E-state index contributed by atoms with van der Waals surface area (Å²) in [5.41, 5.74) is 1.19. The van der Waals surface area contributed by atoms with Crippen LogP contribution in [-0.4, -0.2) is 35.3 Å². The second-order valence-electron chi connectivity index (χ2n) is 4.92. The van der Waals surface area contributed by atoms with Crippen molar-refractivity contribution < 1.29 is 9.59 Å². The van der Waals surface area contributed by atoms with Gasteiger partial charge in [0.15, 0.2) is 0 Å². The number of hydrogen-bond acceptors (Lipinski definition) is 3. The fraction of sp³-hybridized carbons (Fsp3) is 0.188. The molecule has 1 aromatic carbocycles. The minimum Gasteiger partial charge on any atom is -0.342 e. The molecule has 5 nitrogen and oxygen atoms in total. The van der Waals surface area contributed by atoms with E-state index in [-0.39, 0.29) is 18.1 Å². The lowest BCUT2D eigenvalue weighted by atomic mass is 10.2. The molecule has 0 spiro atoms. The highest BCUT2D eigenvalue weighted by Crippen LogP contribution is 2.12. The molecule has 0 fully saturated rings.